The molecule has 3 rings (SSSR count). The van der Waals surface area contributed by atoms with Gasteiger partial charge < -0.3 is 24.7 Å². The lowest BCUT2D eigenvalue weighted by molar-refractivity contribution is 0.00992. The third-order valence-electron chi connectivity index (χ3n) is 4.88. The van der Waals surface area contributed by atoms with E-state index in [0.717, 1.165) is 81.3 Å². The lowest BCUT2D eigenvalue weighted by atomic mass is 10.1. The van der Waals surface area contributed by atoms with Crippen molar-refractivity contribution in [1.29, 1.82) is 0 Å². The van der Waals surface area contributed by atoms with Gasteiger partial charge in [-0.3, -0.25) is 4.99 Å². The van der Waals surface area contributed by atoms with Crippen LogP contribution in [0.4, 0.5) is 0 Å². The standard InChI is InChI=1S/C20H31N5O2/c1-21-20(25-12-9-16(10-13-25)27-15-5-14-26-2)22-11-8-19-23-17-6-3-4-7-18(17)24-19/h3-4,6-7,16H,5,8-15H2,1-2H3,(H,21,22)(H,23,24). The Hall–Kier alpha value is -2.12. The van der Waals surface area contributed by atoms with Crippen LogP contribution in [-0.4, -0.2) is 73.9 Å². The van der Waals surface area contributed by atoms with Crippen LogP contribution < -0.4 is 5.32 Å². The molecule has 2 N–H and O–H groups in total. The SMILES string of the molecule is CN=C(NCCc1nc2ccccc2[nH]1)N1CCC(OCCCOC)CC1. The highest BCUT2D eigenvalue weighted by Crippen LogP contribution is 2.14. The first-order chi connectivity index (χ1) is 13.3. The Morgan fingerprint density at radius 1 is 1.30 bits per heavy atom. The number of hydrogen-bond acceptors (Lipinski definition) is 4. The van der Waals surface area contributed by atoms with Crippen molar-refractivity contribution in [2.45, 2.75) is 31.8 Å². The number of benzene rings is 1. The first kappa shape index (κ1) is 19.6. The van der Waals surface area contributed by atoms with E-state index >= 15 is 0 Å². The Morgan fingerprint density at radius 2 is 2.11 bits per heavy atom. The zero-order chi connectivity index (χ0) is 18.9. The normalized spacial score (nSPS) is 16.2. The number of methoxy groups -OCH3 is 1. The Kier molecular flexibility index (Phi) is 7.47. The minimum Gasteiger partial charge on any atom is -0.385 e. The number of piperidine rings is 1. The molecule has 1 fully saturated rings. The molecule has 0 bridgehead atoms. The van der Waals surface area contributed by atoms with Crippen molar-refractivity contribution < 1.29 is 9.47 Å². The van der Waals surface area contributed by atoms with E-state index in [2.05, 4.69) is 31.2 Å². The maximum atomic E-state index is 5.94. The number of ether oxygens (including phenoxy) is 2. The van der Waals surface area contributed by atoms with E-state index in [-0.39, 0.29) is 0 Å². The van der Waals surface area contributed by atoms with Crippen molar-refractivity contribution >= 4 is 17.0 Å². The van der Waals surface area contributed by atoms with Gasteiger partial charge in [0.15, 0.2) is 5.96 Å². The van der Waals surface area contributed by atoms with Gasteiger partial charge >= 0.3 is 0 Å². The van der Waals surface area contributed by atoms with Crippen LogP contribution >= 0.6 is 0 Å². The number of H-pyrrole nitrogens is 1. The largest absolute Gasteiger partial charge is 0.385 e. The molecule has 0 saturated carbocycles. The fourth-order valence-corrected chi connectivity index (χ4v) is 3.44. The van der Waals surface area contributed by atoms with Gasteiger partial charge in [-0.2, -0.15) is 0 Å². The third-order valence-corrected chi connectivity index (χ3v) is 4.88. The lowest BCUT2D eigenvalue weighted by Crippen LogP contribution is -2.47. The van der Waals surface area contributed by atoms with Crippen molar-refractivity contribution in [3.63, 3.8) is 0 Å². The van der Waals surface area contributed by atoms with E-state index in [1.165, 1.54) is 0 Å². The van der Waals surface area contributed by atoms with Crippen LogP contribution in [0.15, 0.2) is 29.3 Å². The van der Waals surface area contributed by atoms with E-state index in [1.54, 1.807) is 7.11 Å². The van der Waals surface area contributed by atoms with Crippen molar-refractivity contribution in [2.75, 3.05) is 47.0 Å². The van der Waals surface area contributed by atoms with Crippen LogP contribution in [0.25, 0.3) is 11.0 Å². The number of rotatable bonds is 8. The number of nitrogens with one attached hydrogen (secondary N) is 2. The van der Waals surface area contributed by atoms with E-state index < -0.39 is 0 Å². The molecule has 0 spiro atoms. The van der Waals surface area contributed by atoms with E-state index in [1.807, 2.05) is 25.2 Å². The van der Waals surface area contributed by atoms with Crippen molar-refractivity contribution in [1.82, 2.24) is 20.2 Å². The molecule has 1 aromatic carbocycles. The number of likely N-dealkylation sites (tertiary alicyclic amines) is 1. The molecule has 0 unspecified atom stereocenters. The fourth-order valence-electron chi connectivity index (χ4n) is 3.44. The van der Waals surface area contributed by atoms with Crippen molar-refractivity contribution in [3.8, 4) is 0 Å². The Morgan fingerprint density at radius 3 is 2.85 bits per heavy atom. The summed E-state index contributed by atoms with van der Waals surface area (Å²) < 4.78 is 11.0. The maximum absolute atomic E-state index is 5.94. The lowest BCUT2D eigenvalue weighted by Gasteiger charge is -2.34. The molecule has 0 radical (unpaired) electrons. The van der Waals surface area contributed by atoms with Crippen LogP contribution in [-0.2, 0) is 15.9 Å². The minimum atomic E-state index is 0.353. The van der Waals surface area contributed by atoms with E-state index in [9.17, 15) is 0 Å². The summed E-state index contributed by atoms with van der Waals surface area (Å²) >= 11 is 0. The Balaban J connectivity index is 1.39. The Labute approximate surface area is 161 Å². The predicted molar refractivity (Wildman–Crippen MR) is 108 cm³/mol. The van der Waals surface area contributed by atoms with Gasteiger partial charge in [-0.15, -0.1) is 0 Å². The van der Waals surface area contributed by atoms with Gasteiger partial charge in [-0.05, 0) is 31.4 Å². The maximum Gasteiger partial charge on any atom is 0.193 e. The summed E-state index contributed by atoms with van der Waals surface area (Å²) in [6, 6.07) is 8.12. The second-order valence-electron chi connectivity index (χ2n) is 6.83. The highest BCUT2D eigenvalue weighted by atomic mass is 16.5. The summed E-state index contributed by atoms with van der Waals surface area (Å²) in [5.74, 6) is 1.96. The number of hydrogen-bond donors (Lipinski definition) is 2. The number of aromatic amines is 1. The Bertz CT molecular complexity index is 689. The van der Waals surface area contributed by atoms with Gasteiger partial charge in [0.2, 0.25) is 0 Å². The summed E-state index contributed by atoms with van der Waals surface area (Å²) in [7, 11) is 3.57. The van der Waals surface area contributed by atoms with Gasteiger partial charge in [0.05, 0.1) is 17.1 Å². The quantitative estimate of drug-likeness (QED) is 0.422. The molecule has 1 aliphatic heterocycles. The minimum absolute atomic E-state index is 0.353. The third kappa shape index (κ3) is 5.68. The van der Waals surface area contributed by atoms with Crippen LogP contribution in [0.3, 0.4) is 0 Å². The molecule has 0 aliphatic carbocycles. The summed E-state index contributed by atoms with van der Waals surface area (Å²) in [4.78, 5) is 14.8. The molecule has 27 heavy (non-hydrogen) atoms. The molecule has 1 aromatic heterocycles. The van der Waals surface area contributed by atoms with Crippen LogP contribution in [0, 0.1) is 0 Å². The molecule has 0 amide bonds. The van der Waals surface area contributed by atoms with E-state index in [4.69, 9.17) is 9.47 Å². The molecule has 1 aliphatic rings. The number of imidazole rings is 1. The summed E-state index contributed by atoms with van der Waals surface area (Å²) in [6.45, 7) is 4.29. The molecule has 2 heterocycles. The second-order valence-corrected chi connectivity index (χ2v) is 6.83. The number of nitrogens with zero attached hydrogens (tertiary/aromatic N) is 3. The number of aliphatic imine (C=N–C) groups is 1. The van der Waals surface area contributed by atoms with Crippen LogP contribution in [0.2, 0.25) is 0 Å². The summed E-state index contributed by atoms with van der Waals surface area (Å²) in [6.07, 6.45) is 4.23. The second kappa shape index (κ2) is 10.3. The smallest absolute Gasteiger partial charge is 0.193 e. The number of para-hydroxylation sites is 2. The highest BCUT2D eigenvalue weighted by Gasteiger charge is 2.21. The first-order valence-corrected chi connectivity index (χ1v) is 9.80. The predicted octanol–water partition coefficient (Wildman–Crippen LogP) is 2.20. The number of guanidine groups is 1. The van der Waals surface area contributed by atoms with Crippen LogP contribution in [0.5, 0.6) is 0 Å². The van der Waals surface area contributed by atoms with Crippen LogP contribution in [0.1, 0.15) is 25.1 Å². The molecule has 1 saturated heterocycles. The van der Waals surface area contributed by atoms with Crippen molar-refractivity contribution in [3.05, 3.63) is 30.1 Å². The number of aromatic nitrogens is 2. The molecular formula is C20H31N5O2. The molecule has 0 atom stereocenters. The monoisotopic (exact) mass is 373 g/mol. The van der Waals surface area contributed by atoms with Gasteiger partial charge in [0.1, 0.15) is 5.82 Å². The summed E-state index contributed by atoms with van der Waals surface area (Å²) in [5.41, 5.74) is 2.11. The fraction of sp³-hybridized carbons (Fsp3) is 0.600. The van der Waals surface area contributed by atoms with E-state index in [0.29, 0.717) is 6.10 Å². The summed E-state index contributed by atoms with van der Waals surface area (Å²) in [5, 5.41) is 3.47. The molecule has 7 nitrogen and oxygen atoms in total. The molecule has 7 heteroatoms. The average molecular weight is 374 g/mol. The molecular weight excluding hydrogens is 342 g/mol. The topological polar surface area (TPSA) is 74.8 Å². The average Bonchev–Trinajstić information content (AvgIpc) is 3.12. The first-order valence-electron chi connectivity index (χ1n) is 9.80. The highest BCUT2D eigenvalue weighted by molar-refractivity contribution is 5.80. The zero-order valence-electron chi connectivity index (χ0n) is 16.4. The van der Waals surface area contributed by atoms with Gasteiger partial charge in [-0.25, -0.2) is 4.98 Å². The zero-order valence-corrected chi connectivity index (χ0v) is 16.4. The van der Waals surface area contributed by atoms with Gasteiger partial charge in [0.25, 0.3) is 0 Å². The number of fused-ring (bicyclic) bond motifs is 1. The van der Waals surface area contributed by atoms with Gasteiger partial charge in [0, 0.05) is 53.4 Å². The van der Waals surface area contributed by atoms with Gasteiger partial charge in [-0.1, -0.05) is 12.1 Å². The molecule has 148 valence electrons. The molecule has 2 aromatic rings. The van der Waals surface area contributed by atoms with Crippen molar-refractivity contribution in [2.24, 2.45) is 4.99 Å².